The van der Waals surface area contributed by atoms with E-state index in [1.807, 2.05) is 13.0 Å². The number of benzene rings is 2. The highest BCUT2D eigenvalue weighted by Crippen LogP contribution is 2.25. The van der Waals surface area contributed by atoms with Crippen molar-refractivity contribution in [2.45, 2.75) is 18.7 Å². The molecule has 0 spiro atoms. The van der Waals surface area contributed by atoms with Crippen LogP contribution in [0.25, 0.3) is 0 Å². The van der Waals surface area contributed by atoms with Gasteiger partial charge in [0.25, 0.3) is 0 Å². The van der Waals surface area contributed by atoms with Gasteiger partial charge in [0.05, 0.1) is 12.7 Å². The third-order valence-electron chi connectivity index (χ3n) is 3.30. The van der Waals surface area contributed by atoms with Crippen LogP contribution in [0.15, 0.2) is 47.4 Å². The molecule has 0 unspecified atom stereocenters. The monoisotopic (exact) mass is 320 g/mol. The first kappa shape index (κ1) is 16.0. The van der Waals surface area contributed by atoms with Crippen LogP contribution in [0.1, 0.15) is 21.5 Å². The summed E-state index contributed by atoms with van der Waals surface area (Å²) in [5, 5.41) is 0. The minimum Gasteiger partial charge on any atom is -0.465 e. The molecule has 6 heteroatoms. The largest absolute Gasteiger partial charge is 0.465 e. The van der Waals surface area contributed by atoms with Gasteiger partial charge in [0.15, 0.2) is 0 Å². The van der Waals surface area contributed by atoms with E-state index in [2.05, 4.69) is 4.74 Å². The fourth-order valence-electron chi connectivity index (χ4n) is 1.88. The summed E-state index contributed by atoms with van der Waals surface area (Å²) in [6, 6.07) is 10.7. The summed E-state index contributed by atoms with van der Waals surface area (Å²) in [7, 11) is -2.79. The first-order chi connectivity index (χ1) is 10.3. The molecule has 0 aromatic heterocycles. The molecule has 0 aliphatic heterocycles. The number of esters is 1. The molecule has 22 heavy (non-hydrogen) atoms. The van der Waals surface area contributed by atoms with Crippen molar-refractivity contribution in [1.29, 1.82) is 0 Å². The van der Waals surface area contributed by atoms with Crippen molar-refractivity contribution < 1.29 is 22.1 Å². The lowest BCUT2D eigenvalue weighted by atomic mass is 10.1. The summed E-state index contributed by atoms with van der Waals surface area (Å²) < 4.78 is 34.5. The van der Waals surface area contributed by atoms with Gasteiger partial charge in [-0.1, -0.05) is 18.2 Å². The van der Waals surface area contributed by atoms with Crippen LogP contribution in [0.4, 0.5) is 0 Å². The molecular formula is C16H16O5S. The highest BCUT2D eigenvalue weighted by atomic mass is 32.2. The molecule has 0 N–H and O–H groups in total. The quantitative estimate of drug-likeness (QED) is 0.640. The molecule has 0 saturated carbocycles. The molecule has 0 radical (unpaired) electrons. The van der Waals surface area contributed by atoms with Crippen molar-refractivity contribution in [1.82, 2.24) is 0 Å². The van der Waals surface area contributed by atoms with E-state index in [9.17, 15) is 13.2 Å². The first-order valence-electron chi connectivity index (χ1n) is 6.54. The van der Waals surface area contributed by atoms with Crippen LogP contribution in [-0.2, 0) is 14.9 Å². The number of hydrogen-bond acceptors (Lipinski definition) is 5. The van der Waals surface area contributed by atoms with Gasteiger partial charge in [0.2, 0.25) is 0 Å². The van der Waals surface area contributed by atoms with Gasteiger partial charge in [-0.2, -0.15) is 8.42 Å². The van der Waals surface area contributed by atoms with E-state index in [1.54, 1.807) is 19.1 Å². The van der Waals surface area contributed by atoms with E-state index >= 15 is 0 Å². The summed E-state index contributed by atoms with van der Waals surface area (Å²) in [4.78, 5) is 11.4. The van der Waals surface area contributed by atoms with Gasteiger partial charge >= 0.3 is 16.1 Å². The summed E-state index contributed by atoms with van der Waals surface area (Å²) >= 11 is 0. The average Bonchev–Trinajstić information content (AvgIpc) is 2.51. The van der Waals surface area contributed by atoms with E-state index in [-0.39, 0.29) is 16.2 Å². The lowest BCUT2D eigenvalue weighted by molar-refractivity contribution is 0.0600. The lowest BCUT2D eigenvalue weighted by Crippen LogP contribution is -2.12. The zero-order chi connectivity index (χ0) is 16.3. The molecule has 0 amide bonds. The van der Waals surface area contributed by atoms with E-state index in [0.29, 0.717) is 0 Å². The Kier molecular flexibility index (Phi) is 4.51. The van der Waals surface area contributed by atoms with Crippen LogP contribution in [0, 0.1) is 13.8 Å². The molecule has 5 nitrogen and oxygen atoms in total. The Labute approximate surface area is 129 Å². The molecule has 2 rings (SSSR count). The Morgan fingerprint density at radius 2 is 1.73 bits per heavy atom. The van der Waals surface area contributed by atoms with E-state index in [4.69, 9.17) is 4.18 Å². The topological polar surface area (TPSA) is 69.7 Å². The first-order valence-corrected chi connectivity index (χ1v) is 7.95. The zero-order valence-electron chi connectivity index (χ0n) is 12.5. The molecule has 2 aromatic carbocycles. The van der Waals surface area contributed by atoms with Crippen molar-refractivity contribution in [3.8, 4) is 5.75 Å². The van der Waals surface area contributed by atoms with Crippen LogP contribution < -0.4 is 4.18 Å². The normalized spacial score (nSPS) is 11.0. The number of rotatable bonds is 4. The average molecular weight is 320 g/mol. The van der Waals surface area contributed by atoms with Crippen molar-refractivity contribution in [2.24, 2.45) is 0 Å². The predicted molar refractivity (Wildman–Crippen MR) is 81.5 cm³/mol. The van der Waals surface area contributed by atoms with Crippen molar-refractivity contribution in [2.75, 3.05) is 7.11 Å². The van der Waals surface area contributed by atoms with Crippen LogP contribution in [0.2, 0.25) is 0 Å². The molecule has 0 saturated heterocycles. The molecule has 0 aliphatic carbocycles. The standard InChI is InChI=1S/C16H16O5S/c1-11-6-4-9-15(12(11)2)21-22(18,19)14-8-5-7-13(10-14)16(17)20-3/h4-10H,1-3H3. The maximum atomic E-state index is 12.4. The number of hydrogen-bond donors (Lipinski definition) is 0. The van der Waals surface area contributed by atoms with Crippen molar-refractivity contribution >= 4 is 16.1 Å². The maximum Gasteiger partial charge on any atom is 0.339 e. The summed E-state index contributed by atoms with van der Waals surface area (Å²) in [5.74, 6) is -0.341. The molecule has 0 heterocycles. The second kappa shape index (κ2) is 6.19. The van der Waals surface area contributed by atoms with E-state index < -0.39 is 16.1 Å². The zero-order valence-corrected chi connectivity index (χ0v) is 13.3. The van der Waals surface area contributed by atoms with Crippen LogP contribution in [-0.4, -0.2) is 21.5 Å². The minimum absolute atomic E-state index is 0.101. The van der Waals surface area contributed by atoms with Gasteiger partial charge in [0, 0.05) is 0 Å². The second-order valence-corrected chi connectivity index (χ2v) is 6.30. The Bertz CT molecular complexity index is 809. The molecule has 2 aromatic rings. The fraction of sp³-hybridized carbons (Fsp3) is 0.188. The molecule has 0 fully saturated rings. The number of carbonyl (C=O) groups excluding carboxylic acids is 1. The number of carbonyl (C=O) groups is 1. The summed E-state index contributed by atoms with van der Waals surface area (Å²) in [5.41, 5.74) is 1.82. The summed E-state index contributed by atoms with van der Waals surface area (Å²) in [6.07, 6.45) is 0. The maximum absolute atomic E-state index is 12.4. The van der Waals surface area contributed by atoms with E-state index in [1.165, 1.54) is 31.4 Å². The summed E-state index contributed by atoms with van der Waals surface area (Å²) in [6.45, 7) is 3.65. The van der Waals surface area contributed by atoms with E-state index in [0.717, 1.165) is 11.1 Å². The van der Waals surface area contributed by atoms with Gasteiger partial charge in [-0.15, -0.1) is 0 Å². The number of aryl methyl sites for hydroxylation is 1. The lowest BCUT2D eigenvalue weighted by Gasteiger charge is -2.11. The van der Waals surface area contributed by atoms with Crippen LogP contribution in [0.5, 0.6) is 5.75 Å². The third kappa shape index (κ3) is 3.28. The Hall–Kier alpha value is -2.34. The number of ether oxygens (including phenoxy) is 1. The Morgan fingerprint density at radius 3 is 2.41 bits per heavy atom. The Morgan fingerprint density at radius 1 is 1.05 bits per heavy atom. The smallest absolute Gasteiger partial charge is 0.339 e. The van der Waals surface area contributed by atoms with Crippen LogP contribution >= 0.6 is 0 Å². The fourth-order valence-corrected chi connectivity index (χ4v) is 2.91. The molecular weight excluding hydrogens is 304 g/mol. The van der Waals surface area contributed by atoms with Gasteiger partial charge in [-0.05, 0) is 49.2 Å². The van der Waals surface area contributed by atoms with Gasteiger partial charge in [-0.25, -0.2) is 4.79 Å². The number of methoxy groups -OCH3 is 1. The Balaban J connectivity index is 2.39. The van der Waals surface area contributed by atoms with Gasteiger partial charge in [-0.3, -0.25) is 0 Å². The minimum atomic E-state index is -4.02. The molecule has 0 atom stereocenters. The highest BCUT2D eigenvalue weighted by molar-refractivity contribution is 7.87. The third-order valence-corrected chi connectivity index (χ3v) is 4.53. The van der Waals surface area contributed by atoms with Gasteiger partial charge < -0.3 is 8.92 Å². The second-order valence-electron chi connectivity index (χ2n) is 4.75. The van der Waals surface area contributed by atoms with Gasteiger partial charge in [0.1, 0.15) is 10.6 Å². The molecule has 0 bridgehead atoms. The molecule has 116 valence electrons. The molecule has 0 aliphatic rings. The SMILES string of the molecule is COC(=O)c1cccc(S(=O)(=O)Oc2cccc(C)c2C)c1. The van der Waals surface area contributed by atoms with Crippen molar-refractivity contribution in [3.05, 3.63) is 59.2 Å². The predicted octanol–water partition coefficient (Wildman–Crippen LogP) is 2.86. The van der Waals surface area contributed by atoms with Crippen molar-refractivity contribution in [3.63, 3.8) is 0 Å². The highest BCUT2D eigenvalue weighted by Gasteiger charge is 2.20. The van der Waals surface area contributed by atoms with Crippen LogP contribution in [0.3, 0.4) is 0 Å².